The van der Waals surface area contributed by atoms with Gasteiger partial charge in [-0.2, -0.15) is 0 Å². The van der Waals surface area contributed by atoms with Crippen molar-refractivity contribution in [3.05, 3.63) is 52.6 Å². The summed E-state index contributed by atoms with van der Waals surface area (Å²) in [4.78, 5) is 10.2. The Morgan fingerprint density at radius 1 is 1.25 bits per heavy atom. The molecule has 4 heteroatoms. The van der Waals surface area contributed by atoms with Crippen molar-refractivity contribution in [3.63, 3.8) is 0 Å². The van der Waals surface area contributed by atoms with Gasteiger partial charge in [0.05, 0.1) is 11.2 Å². The van der Waals surface area contributed by atoms with Crippen molar-refractivity contribution in [2.45, 2.75) is 32.0 Å². The lowest BCUT2D eigenvalue weighted by Gasteiger charge is -2.21. The maximum Gasteiger partial charge on any atom is 0.0795 e. The van der Waals surface area contributed by atoms with Gasteiger partial charge in [-0.25, -0.2) is 4.98 Å². The number of nitrogens with one attached hydrogen (secondary N) is 1. The smallest absolute Gasteiger partial charge is 0.0795 e. The van der Waals surface area contributed by atoms with Crippen molar-refractivity contribution in [1.82, 2.24) is 14.9 Å². The van der Waals surface area contributed by atoms with Gasteiger partial charge in [0.25, 0.3) is 0 Å². The Morgan fingerprint density at radius 2 is 2.20 bits per heavy atom. The molecular formula is C16H17N3S. The molecule has 2 heterocycles. The molecule has 0 saturated heterocycles. The molecule has 1 saturated carbocycles. The van der Waals surface area contributed by atoms with Gasteiger partial charge in [-0.3, -0.25) is 4.90 Å². The van der Waals surface area contributed by atoms with Crippen LogP contribution < -0.4 is 0 Å². The molecule has 4 rings (SSSR count). The second kappa shape index (κ2) is 5.04. The van der Waals surface area contributed by atoms with E-state index in [0.717, 1.165) is 19.1 Å². The molecule has 0 radical (unpaired) electrons. The molecule has 1 N–H and O–H groups in total. The molecule has 1 aliphatic rings. The fourth-order valence-electron chi connectivity index (χ4n) is 2.71. The minimum atomic E-state index is 0.749. The first-order chi connectivity index (χ1) is 9.88. The summed E-state index contributed by atoms with van der Waals surface area (Å²) in [5.41, 5.74) is 5.72. The van der Waals surface area contributed by atoms with Gasteiger partial charge in [0, 0.05) is 36.2 Å². The largest absolute Gasteiger partial charge is 0.361 e. The maximum atomic E-state index is 4.42. The summed E-state index contributed by atoms with van der Waals surface area (Å²) in [5, 5.41) is 3.46. The first-order valence-electron chi connectivity index (χ1n) is 7.05. The van der Waals surface area contributed by atoms with Gasteiger partial charge in [-0.15, -0.1) is 11.3 Å². The van der Waals surface area contributed by atoms with Crippen LogP contribution in [0.5, 0.6) is 0 Å². The van der Waals surface area contributed by atoms with Gasteiger partial charge in [0.1, 0.15) is 0 Å². The monoisotopic (exact) mass is 283 g/mol. The zero-order valence-electron chi connectivity index (χ0n) is 11.2. The number of H-pyrrole nitrogens is 1. The number of hydrogen-bond acceptors (Lipinski definition) is 3. The van der Waals surface area contributed by atoms with Crippen LogP contribution in [0, 0.1) is 0 Å². The van der Waals surface area contributed by atoms with Gasteiger partial charge >= 0.3 is 0 Å². The van der Waals surface area contributed by atoms with Gasteiger partial charge in [0.2, 0.25) is 0 Å². The normalized spacial score (nSPS) is 15.2. The fraction of sp³-hybridized carbons (Fsp3) is 0.312. The minimum Gasteiger partial charge on any atom is -0.361 e. The SMILES string of the molecule is c1cc2cc(CN(Cc3cscn3)C3CC3)ccc2[nH]1. The van der Waals surface area contributed by atoms with Gasteiger partial charge in [0.15, 0.2) is 0 Å². The van der Waals surface area contributed by atoms with E-state index in [1.54, 1.807) is 11.3 Å². The van der Waals surface area contributed by atoms with Crippen LogP contribution in [-0.2, 0) is 13.1 Å². The molecule has 0 aliphatic heterocycles. The van der Waals surface area contributed by atoms with Gasteiger partial charge in [-0.1, -0.05) is 6.07 Å². The minimum absolute atomic E-state index is 0.749. The van der Waals surface area contributed by atoms with Gasteiger partial charge < -0.3 is 4.98 Å². The van der Waals surface area contributed by atoms with Crippen LogP contribution in [0.15, 0.2) is 41.4 Å². The van der Waals surface area contributed by atoms with Crippen LogP contribution in [0.1, 0.15) is 24.1 Å². The highest BCUT2D eigenvalue weighted by Crippen LogP contribution is 2.30. The van der Waals surface area contributed by atoms with E-state index in [4.69, 9.17) is 0 Å². The first kappa shape index (κ1) is 12.1. The van der Waals surface area contributed by atoms with Crippen LogP contribution in [-0.4, -0.2) is 20.9 Å². The third-order valence-corrected chi connectivity index (χ3v) is 4.55. The second-order valence-corrected chi connectivity index (χ2v) is 6.23. The quantitative estimate of drug-likeness (QED) is 0.772. The molecule has 0 unspecified atom stereocenters. The lowest BCUT2D eigenvalue weighted by Crippen LogP contribution is -2.25. The summed E-state index contributed by atoms with van der Waals surface area (Å²) >= 11 is 1.68. The van der Waals surface area contributed by atoms with E-state index in [1.807, 2.05) is 11.7 Å². The predicted octanol–water partition coefficient (Wildman–Crippen LogP) is 3.79. The van der Waals surface area contributed by atoms with Crippen LogP contribution in [0.3, 0.4) is 0 Å². The molecule has 102 valence electrons. The van der Waals surface area contributed by atoms with Crippen molar-refractivity contribution >= 4 is 22.2 Å². The van der Waals surface area contributed by atoms with Crippen molar-refractivity contribution in [2.24, 2.45) is 0 Å². The number of thiazole rings is 1. The molecule has 0 spiro atoms. The number of nitrogens with zero attached hydrogens (tertiary/aromatic N) is 2. The maximum absolute atomic E-state index is 4.42. The summed E-state index contributed by atoms with van der Waals surface area (Å²) in [6, 6.07) is 9.59. The Bertz CT molecular complexity index is 697. The molecule has 0 amide bonds. The Hall–Kier alpha value is -1.65. The number of fused-ring (bicyclic) bond motifs is 1. The summed E-state index contributed by atoms with van der Waals surface area (Å²) in [6.45, 7) is 1.99. The predicted molar refractivity (Wildman–Crippen MR) is 82.7 cm³/mol. The van der Waals surface area contributed by atoms with E-state index >= 15 is 0 Å². The standard InChI is InChI=1S/C16H17N3S/c1-4-16-13(5-6-17-16)7-12(1)8-19(15-2-3-15)9-14-10-20-11-18-14/h1,4-7,10-11,15,17H,2-3,8-9H2. The molecule has 1 aliphatic carbocycles. The molecule has 2 aromatic heterocycles. The summed E-state index contributed by atoms with van der Waals surface area (Å²) in [7, 11) is 0. The molecule has 1 aromatic carbocycles. The molecule has 1 fully saturated rings. The molecule has 20 heavy (non-hydrogen) atoms. The highest BCUT2D eigenvalue weighted by atomic mass is 32.1. The summed E-state index contributed by atoms with van der Waals surface area (Å²) in [5.74, 6) is 0. The Kier molecular flexibility index (Phi) is 3.05. The van der Waals surface area contributed by atoms with Crippen LogP contribution in [0.25, 0.3) is 10.9 Å². The average Bonchev–Trinajstić information content (AvgIpc) is 2.99. The van der Waals surface area contributed by atoms with Crippen LogP contribution in [0.4, 0.5) is 0 Å². The van der Waals surface area contributed by atoms with E-state index in [0.29, 0.717) is 0 Å². The third kappa shape index (κ3) is 2.49. The molecular weight excluding hydrogens is 266 g/mol. The molecule has 0 bridgehead atoms. The average molecular weight is 283 g/mol. The highest BCUT2D eigenvalue weighted by molar-refractivity contribution is 7.07. The first-order valence-corrected chi connectivity index (χ1v) is 8.00. The Balaban J connectivity index is 1.54. The lowest BCUT2D eigenvalue weighted by atomic mass is 10.1. The van der Waals surface area contributed by atoms with E-state index in [1.165, 1.54) is 35.0 Å². The Morgan fingerprint density at radius 3 is 3.00 bits per heavy atom. The number of aromatic nitrogens is 2. The third-order valence-electron chi connectivity index (χ3n) is 3.92. The van der Waals surface area contributed by atoms with E-state index in [2.05, 4.69) is 44.5 Å². The summed E-state index contributed by atoms with van der Waals surface area (Å²) in [6.07, 6.45) is 4.66. The van der Waals surface area contributed by atoms with Crippen molar-refractivity contribution in [1.29, 1.82) is 0 Å². The zero-order chi connectivity index (χ0) is 13.4. The second-order valence-electron chi connectivity index (χ2n) is 5.52. The summed E-state index contributed by atoms with van der Waals surface area (Å²) < 4.78 is 0. The number of hydrogen-bond donors (Lipinski definition) is 1. The van der Waals surface area contributed by atoms with Crippen LogP contribution in [0.2, 0.25) is 0 Å². The topological polar surface area (TPSA) is 31.9 Å². The van der Waals surface area contributed by atoms with E-state index in [-0.39, 0.29) is 0 Å². The van der Waals surface area contributed by atoms with E-state index in [9.17, 15) is 0 Å². The zero-order valence-corrected chi connectivity index (χ0v) is 12.1. The number of rotatable bonds is 5. The van der Waals surface area contributed by atoms with Crippen molar-refractivity contribution in [3.8, 4) is 0 Å². The van der Waals surface area contributed by atoms with Crippen LogP contribution >= 0.6 is 11.3 Å². The lowest BCUT2D eigenvalue weighted by molar-refractivity contribution is 0.243. The van der Waals surface area contributed by atoms with Crippen molar-refractivity contribution < 1.29 is 0 Å². The molecule has 3 nitrogen and oxygen atoms in total. The highest BCUT2D eigenvalue weighted by Gasteiger charge is 2.29. The number of benzene rings is 1. The van der Waals surface area contributed by atoms with Gasteiger partial charge in [-0.05, 0) is 42.0 Å². The molecule has 3 aromatic rings. The molecule has 0 atom stereocenters. The van der Waals surface area contributed by atoms with E-state index < -0.39 is 0 Å². The Labute approximate surface area is 122 Å². The number of aromatic amines is 1. The van der Waals surface area contributed by atoms with Crippen molar-refractivity contribution in [2.75, 3.05) is 0 Å². The fourth-order valence-corrected chi connectivity index (χ4v) is 3.26.